The molecular weight excluding hydrogens is 304 g/mol. The fourth-order valence-electron chi connectivity index (χ4n) is 2.26. The standard InChI is InChI=1S/C16H11ClN2O3/c17-12-4-1-10(2-5-12)7-15-18-16(19-22-15)11-3-6-13-14(8-11)21-9-20-13/h1-6,8H,7,9H2. The summed E-state index contributed by atoms with van der Waals surface area (Å²) in [6.07, 6.45) is 0.564. The number of rotatable bonds is 3. The first-order chi connectivity index (χ1) is 10.8. The lowest BCUT2D eigenvalue weighted by Crippen LogP contribution is -1.92. The summed E-state index contributed by atoms with van der Waals surface area (Å²) in [7, 11) is 0. The van der Waals surface area contributed by atoms with Crippen LogP contribution < -0.4 is 9.47 Å². The fraction of sp³-hybridized carbons (Fsp3) is 0.125. The van der Waals surface area contributed by atoms with Crippen molar-refractivity contribution in [3.63, 3.8) is 0 Å². The number of hydrogen-bond acceptors (Lipinski definition) is 5. The van der Waals surface area contributed by atoms with Crippen LogP contribution >= 0.6 is 11.6 Å². The molecule has 1 aromatic heterocycles. The van der Waals surface area contributed by atoms with Crippen molar-refractivity contribution in [2.75, 3.05) is 6.79 Å². The van der Waals surface area contributed by atoms with Crippen molar-refractivity contribution in [3.8, 4) is 22.9 Å². The van der Waals surface area contributed by atoms with Crippen LogP contribution in [0.15, 0.2) is 47.0 Å². The molecule has 0 N–H and O–H groups in total. The summed E-state index contributed by atoms with van der Waals surface area (Å²) >= 11 is 5.87. The summed E-state index contributed by atoms with van der Waals surface area (Å²) in [5.41, 5.74) is 1.89. The summed E-state index contributed by atoms with van der Waals surface area (Å²) < 4.78 is 15.9. The molecule has 0 amide bonds. The Hall–Kier alpha value is -2.53. The SMILES string of the molecule is Clc1ccc(Cc2nc(-c3ccc4c(c3)OCO4)no2)cc1. The van der Waals surface area contributed by atoms with Gasteiger partial charge in [-0.15, -0.1) is 0 Å². The Kier molecular flexibility index (Phi) is 3.20. The summed E-state index contributed by atoms with van der Waals surface area (Å²) in [5, 5.41) is 4.72. The van der Waals surface area contributed by atoms with Crippen LogP contribution in [0.3, 0.4) is 0 Å². The summed E-state index contributed by atoms with van der Waals surface area (Å²) in [4.78, 5) is 4.42. The Labute approximate surface area is 131 Å². The van der Waals surface area contributed by atoms with Gasteiger partial charge in [0, 0.05) is 10.6 Å². The molecule has 1 aliphatic rings. The van der Waals surface area contributed by atoms with Crippen molar-refractivity contribution in [1.82, 2.24) is 10.1 Å². The Morgan fingerprint density at radius 2 is 1.82 bits per heavy atom. The molecule has 6 heteroatoms. The van der Waals surface area contributed by atoms with E-state index in [0.29, 0.717) is 28.9 Å². The number of aromatic nitrogens is 2. The van der Waals surface area contributed by atoms with Crippen LogP contribution in [0.1, 0.15) is 11.5 Å². The predicted octanol–water partition coefficient (Wildman–Crippen LogP) is 3.71. The number of ether oxygens (including phenoxy) is 2. The monoisotopic (exact) mass is 314 g/mol. The highest BCUT2D eigenvalue weighted by molar-refractivity contribution is 6.30. The molecule has 110 valence electrons. The lowest BCUT2D eigenvalue weighted by atomic mass is 10.1. The van der Waals surface area contributed by atoms with Gasteiger partial charge in [-0.05, 0) is 35.9 Å². The van der Waals surface area contributed by atoms with E-state index in [0.717, 1.165) is 16.9 Å². The van der Waals surface area contributed by atoms with E-state index in [1.165, 1.54) is 0 Å². The van der Waals surface area contributed by atoms with Gasteiger partial charge in [0.1, 0.15) is 0 Å². The number of halogens is 1. The van der Waals surface area contributed by atoms with Crippen molar-refractivity contribution in [3.05, 3.63) is 58.9 Å². The van der Waals surface area contributed by atoms with Crippen LogP contribution in [0.4, 0.5) is 0 Å². The molecule has 0 aliphatic carbocycles. The van der Waals surface area contributed by atoms with Gasteiger partial charge in [-0.3, -0.25) is 0 Å². The molecule has 22 heavy (non-hydrogen) atoms. The first kappa shape index (κ1) is 13.2. The van der Waals surface area contributed by atoms with Gasteiger partial charge in [0.05, 0.1) is 6.42 Å². The van der Waals surface area contributed by atoms with Crippen LogP contribution in [0.5, 0.6) is 11.5 Å². The number of nitrogens with zero attached hydrogens (tertiary/aromatic N) is 2. The first-order valence-corrected chi connectivity index (χ1v) is 7.13. The Balaban J connectivity index is 1.57. The van der Waals surface area contributed by atoms with Gasteiger partial charge < -0.3 is 14.0 Å². The molecule has 2 aromatic carbocycles. The predicted molar refractivity (Wildman–Crippen MR) is 80.1 cm³/mol. The van der Waals surface area contributed by atoms with E-state index < -0.39 is 0 Å². The van der Waals surface area contributed by atoms with E-state index in [2.05, 4.69) is 10.1 Å². The van der Waals surface area contributed by atoms with Crippen molar-refractivity contribution >= 4 is 11.6 Å². The largest absolute Gasteiger partial charge is 0.454 e. The Morgan fingerprint density at radius 3 is 2.68 bits per heavy atom. The molecule has 0 unspecified atom stereocenters. The lowest BCUT2D eigenvalue weighted by molar-refractivity contribution is 0.174. The van der Waals surface area contributed by atoms with Gasteiger partial charge in [-0.1, -0.05) is 28.9 Å². The molecule has 5 nitrogen and oxygen atoms in total. The maximum atomic E-state index is 5.87. The quantitative estimate of drug-likeness (QED) is 0.737. The maximum absolute atomic E-state index is 5.87. The fourth-order valence-corrected chi connectivity index (χ4v) is 2.38. The van der Waals surface area contributed by atoms with Gasteiger partial charge in [0.15, 0.2) is 11.5 Å². The van der Waals surface area contributed by atoms with Crippen LogP contribution in [0.25, 0.3) is 11.4 Å². The smallest absolute Gasteiger partial charge is 0.231 e. The zero-order chi connectivity index (χ0) is 14.9. The number of fused-ring (bicyclic) bond motifs is 1. The van der Waals surface area contributed by atoms with Gasteiger partial charge in [-0.2, -0.15) is 4.98 Å². The van der Waals surface area contributed by atoms with Crippen LogP contribution in [-0.4, -0.2) is 16.9 Å². The minimum atomic E-state index is 0.243. The summed E-state index contributed by atoms with van der Waals surface area (Å²) in [6, 6.07) is 13.1. The zero-order valence-corrected chi connectivity index (χ0v) is 12.2. The van der Waals surface area contributed by atoms with Gasteiger partial charge in [0.2, 0.25) is 18.5 Å². The highest BCUT2D eigenvalue weighted by atomic mass is 35.5. The lowest BCUT2D eigenvalue weighted by Gasteiger charge is -1.98. The minimum Gasteiger partial charge on any atom is -0.454 e. The highest BCUT2D eigenvalue weighted by Gasteiger charge is 2.16. The van der Waals surface area contributed by atoms with E-state index in [1.807, 2.05) is 42.5 Å². The number of benzene rings is 2. The highest BCUT2D eigenvalue weighted by Crippen LogP contribution is 2.35. The molecule has 0 fully saturated rings. The normalized spacial score (nSPS) is 12.6. The van der Waals surface area contributed by atoms with E-state index in [1.54, 1.807) is 0 Å². The van der Waals surface area contributed by atoms with E-state index in [-0.39, 0.29) is 6.79 Å². The average molecular weight is 315 g/mol. The second-order valence-electron chi connectivity index (χ2n) is 4.88. The topological polar surface area (TPSA) is 57.4 Å². The second kappa shape index (κ2) is 5.35. The van der Waals surface area contributed by atoms with Gasteiger partial charge >= 0.3 is 0 Å². The third-order valence-corrected chi connectivity index (χ3v) is 3.62. The molecule has 2 heterocycles. The molecule has 0 saturated heterocycles. The van der Waals surface area contributed by atoms with Crippen LogP contribution in [0.2, 0.25) is 5.02 Å². The first-order valence-electron chi connectivity index (χ1n) is 6.75. The molecule has 1 aliphatic heterocycles. The Morgan fingerprint density at radius 1 is 1.00 bits per heavy atom. The molecule has 0 bridgehead atoms. The molecule has 0 atom stereocenters. The molecule has 0 spiro atoms. The number of hydrogen-bond donors (Lipinski definition) is 0. The van der Waals surface area contributed by atoms with Crippen LogP contribution in [0, 0.1) is 0 Å². The Bertz CT molecular complexity index is 815. The maximum Gasteiger partial charge on any atom is 0.231 e. The zero-order valence-electron chi connectivity index (χ0n) is 11.5. The van der Waals surface area contributed by atoms with Crippen LogP contribution in [-0.2, 0) is 6.42 Å². The molecule has 0 saturated carbocycles. The summed E-state index contributed by atoms with van der Waals surface area (Å²) in [5.74, 6) is 2.51. The van der Waals surface area contributed by atoms with E-state index >= 15 is 0 Å². The second-order valence-corrected chi connectivity index (χ2v) is 5.32. The van der Waals surface area contributed by atoms with E-state index in [9.17, 15) is 0 Å². The van der Waals surface area contributed by atoms with Crippen molar-refractivity contribution in [2.24, 2.45) is 0 Å². The van der Waals surface area contributed by atoms with E-state index in [4.69, 9.17) is 25.6 Å². The minimum absolute atomic E-state index is 0.243. The molecule has 0 radical (unpaired) electrons. The van der Waals surface area contributed by atoms with Crippen molar-refractivity contribution in [1.29, 1.82) is 0 Å². The average Bonchev–Trinajstić information content (AvgIpc) is 3.17. The summed E-state index contributed by atoms with van der Waals surface area (Å²) in [6.45, 7) is 0.243. The molecule has 4 rings (SSSR count). The van der Waals surface area contributed by atoms with Crippen molar-refractivity contribution in [2.45, 2.75) is 6.42 Å². The molecular formula is C16H11ClN2O3. The van der Waals surface area contributed by atoms with Gasteiger partial charge in [-0.25, -0.2) is 0 Å². The van der Waals surface area contributed by atoms with Crippen molar-refractivity contribution < 1.29 is 14.0 Å². The third kappa shape index (κ3) is 2.51. The molecule has 3 aromatic rings. The van der Waals surface area contributed by atoms with Gasteiger partial charge in [0.25, 0.3) is 0 Å². The third-order valence-electron chi connectivity index (χ3n) is 3.37.